The van der Waals surface area contributed by atoms with Crippen molar-refractivity contribution in [1.82, 2.24) is 0 Å². The lowest BCUT2D eigenvalue weighted by Crippen LogP contribution is -2.11. The molecule has 0 aromatic rings. The number of ether oxygens (including phenoxy) is 1. The second-order valence-corrected chi connectivity index (χ2v) is 4.55. The number of hydrogen-bond acceptors (Lipinski definition) is 2. The van der Waals surface area contributed by atoms with E-state index >= 15 is 0 Å². The van der Waals surface area contributed by atoms with Gasteiger partial charge in [-0.1, -0.05) is 19.4 Å². The summed E-state index contributed by atoms with van der Waals surface area (Å²) in [4.78, 5) is 11.9. The largest absolute Gasteiger partial charge is 0.463 e. The van der Waals surface area contributed by atoms with E-state index in [1.807, 2.05) is 6.92 Å². The van der Waals surface area contributed by atoms with Crippen molar-refractivity contribution in [3.8, 4) is 0 Å². The summed E-state index contributed by atoms with van der Waals surface area (Å²) < 4.78 is 5.14. The van der Waals surface area contributed by atoms with E-state index in [0.29, 0.717) is 6.61 Å². The number of carbonyl (C=O) groups is 1. The smallest absolute Gasteiger partial charge is 0.334 e. The number of rotatable bonds is 5. The Bertz CT molecular complexity index is 324. The highest BCUT2D eigenvalue weighted by atomic mass is 16.5. The van der Waals surface area contributed by atoms with Crippen LogP contribution >= 0.6 is 0 Å². The van der Waals surface area contributed by atoms with Crippen LogP contribution in [0, 0.1) is 0 Å². The molecule has 96 valence electrons. The lowest BCUT2D eigenvalue weighted by atomic mass is 9.90. The van der Waals surface area contributed by atoms with Gasteiger partial charge in [0.1, 0.15) is 0 Å². The molecule has 0 unspecified atom stereocenters. The standard InChI is InChI=1S/C15H24O2/c1-4-9-14(15(16)17-5-2)12(3)13-10-7-6-8-11-13/h10H,4-9,11H2,1-3H3/b14-12+. The zero-order chi connectivity index (χ0) is 12.7. The maximum absolute atomic E-state index is 11.9. The Balaban J connectivity index is 2.91. The van der Waals surface area contributed by atoms with Crippen LogP contribution < -0.4 is 0 Å². The molecule has 1 aliphatic carbocycles. The molecule has 0 bridgehead atoms. The zero-order valence-electron chi connectivity index (χ0n) is 11.3. The van der Waals surface area contributed by atoms with Gasteiger partial charge in [0.15, 0.2) is 0 Å². The summed E-state index contributed by atoms with van der Waals surface area (Å²) in [6, 6.07) is 0. The average Bonchev–Trinajstić information content (AvgIpc) is 2.36. The number of carbonyl (C=O) groups excluding carboxylic acids is 1. The molecule has 2 nitrogen and oxygen atoms in total. The average molecular weight is 236 g/mol. The molecule has 0 aromatic carbocycles. The Hall–Kier alpha value is -1.05. The molecular formula is C15H24O2. The predicted octanol–water partition coefficient (Wildman–Crippen LogP) is 4.17. The van der Waals surface area contributed by atoms with Crippen LogP contribution in [0.25, 0.3) is 0 Å². The molecule has 0 saturated carbocycles. The van der Waals surface area contributed by atoms with Crippen LogP contribution in [0.15, 0.2) is 22.8 Å². The van der Waals surface area contributed by atoms with Gasteiger partial charge in [0.05, 0.1) is 6.61 Å². The van der Waals surface area contributed by atoms with Gasteiger partial charge in [-0.15, -0.1) is 0 Å². The van der Waals surface area contributed by atoms with E-state index in [1.165, 1.54) is 18.4 Å². The highest BCUT2D eigenvalue weighted by Crippen LogP contribution is 2.27. The second-order valence-electron chi connectivity index (χ2n) is 4.55. The normalized spacial score (nSPS) is 17.2. The van der Waals surface area contributed by atoms with E-state index < -0.39 is 0 Å². The summed E-state index contributed by atoms with van der Waals surface area (Å²) in [7, 11) is 0. The first-order chi connectivity index (χ1) is 8.20. The van der Waals surface area contributed by atoms with Gasteiger partial charge in [-0.25, -0.2) is 4.79 Å². The number of hydrogen-bond donors (Lipinski definition) is 0. The molecule has 0 atom stereocenters. The molecule has 0 radical (unpaired) electrons. The van der Waals surface area contributed by atoms with Gasteiger partial charge in [-0.05, 0) is 57.1 Å². The minimum atomic E-state index is -0.127. The predicted molar refractivity (Wildman–Crippen MR) is 70.8 cm³/mol. The third-order valence-corrected chi connectivity index (χ3v) is 3.25. The summed E-state index contributed by atoms with van der Waals surface area (Å²) in [5.74, 6) is -0.127. The van der Waals surface area contributed by atoms with Crippen molar-refractivity contribution in [3.63, 3.8) is 0 Å². The maximum Gasteiger partial charge on any atom is 0.334 e. The van der Waals surface area contributed by atoms with Gasteiger partial charge in [0, 0.05) is 5.57 Å². The molecule has 17 heavy (non-hydrogen) atoms. The summed E-state index contributed by atoms with van der Waals surface area (Å²) in [5.41, 5.74) is 3.39. The lowest BCUT2D eigenvalue weighted by molar-refractivity contribution is -0.138. The minimum Gasteiger partial charge on any atom is -0.463 e. The van der Waals surface area contributed by atoms with Crippen molar-refractivity contribution in [2.24, 2.45) is 0 Å². The van der Waals surface area contributed by atoms with Crippen LogP contribution in [0.3, 0.4) is 0 Å². The fourth-order valence-corrected chi connectivity index (χ4v) is 2.28. The van der Waals surface area contributed by atoms with Crippen LogP contribution in [0.2, 0.25) is 0 Å². The molecule has 0 aromatic heterocycles. The third kappa shape index (κ3) is 4.03. The fraction of sp³-hybridized carbons (Fsp3) is 0.667. The molecule has 0 saturated heterocycles. The monoisotopic (exact) mass is 236 g/mol. The Kier molecular flexibility index (Phi) is 6.03. The molecule has 2 heteroatoms. The van der Waals surface area contributed by atoms with Crippen molar-refractivity contribution in [2.45, 2.75) is 59.3 Å². The SMILES string of the molecule is CCC/C(C(=O)OCC)=C(/C)C1=CCCCC1. The summed E-state index contributed by atoms with van der Waals surface area (Å²) >= 11 is 0. The third-order valence-electron chi connectivity index (χ3n) is 3.25. The minimum absolute atomic E-state index is 0.127. The van der Waals surface area contributed by atoms with E-state index in [2.05, 4.69) is 19.9 Å². The molecule has 0 amide bonds. The maximum atomic E-state index is 11.9. The van der Waals surface area contributed by atoms with Gasteiger partial charge < -0.3 is 4.74 Å². The van der Waals surface area contributed by atoms with Crippen LogP contribution in [0.5, 0.6) is 0 Å². The molecule has 0 heterocycles. The first-order valence-electron chi connectivity index (χ1n) is 6.77. The molecular weight excluding hydrogens is 212 g/mol. The quantitative estimate of drug-likeness (QED) is 0.529. The lowest BCUT2D eigenvalue weighted by Gasteiger charge is -2.17. The Morgan fingerprint density at radius 3 is 2.65 bits per heavy atom. The van der Waals surface area contributed by atoms with Gasteiger partial charge >= 0.3 is 5.97 Å². The van der Waals surface area contributed by atoms with Crippen molar-refractivity contribution in [2.75, 3.05) is 6.61 Å². The van der Waals surface area contributed by atoms with Crippen LogP contribution in [-0.2, 0) is 9.53 Å². The Morgan fingerprint density at radius 2 is 2.12 bits per heavy atom. The van der Waals surface area contributed by atoms with E-state index in [1.54, 1.807) is 0 Å². The van der Waals surface area contributed by atoms with Gasteiger partial charge in [-0.3, -0.25) is 0 Å². The number of esters is 1. The fourth-order valence-electron chi connectivity index (χ4n) is 2.28. The van der Waals surface area contributed by atoms with Crippen molar-refractivity contribution < 1.29 is 9.53 Å². The summed E-state index contributed by atoms with van der Waals surface area (Å²) in [5, 5.41) is 0. The van der Waals surface area contributed by atoms with Gasteiger partial charge in [-0.2, -0.15) is 0 Å². The topological polar surface area (TPSA) is 26.3 Å². The van der Waals surface area contributed by atoms with E-state index in [0.717, 1.165) is 36.8 Å². The van der Waals surface area contributed by atoms with Crippen molar-refractivity contribution in [1.29, 1.82) is 0 Å². The molecule has 0 fully saturated rings. The molecule has 0 aliphatic heterocycles. The van der Waals surface area contributed by atoms with Crippen LogP contribution in [0.1, 0.15) is 59.3 Å². The molecule has 0 N–H and O–H groups in total. The summed E-state index contributed by atoms with van der Waals surface area (Å²) in [6.45, 7) is 6.48. The van der Waals surface area contributed by atoms with Gasteiger partial charge in [0.2, 0.25) is 0 Å². The van der Waals surface area contributed by atoms with E-state index in [4.69, 9.17) is 4.74 Å². The van der Waals surface area contributed by atoms with Crippen LogP contribution in [0.4, 0.5) is 0 Å². The first-order valence-corrected chi connectivity index (χ1v) is 6.77. The Labute approximate surface area is 105 Å². The molecule has 0 spiro atoms. The highest BCUT2D eigenvalue weighted by molar-refractivity contribution is 5.90. The van der Waals surface area contributed by atoms with E-state index in [-0.39, 0.29) is 5.97 Å². The summed E-state index contributed by atoms with van der Waals surface area (Å²) in [6.07, 6.45) is 8.87. The molecule has 1 aliphatic rings. The van der Waals surface area contributed by atoms with Crippen molar-refractivity contribution >= 4 is 5.97 Å². The van der Waals surface area contributed by atoms with Crippen molar-refractivity contribution in [3.05, 3.63) is 22.8 Å². The zero-order valence-corrected chi connectivity index (χ0v) is 11.3. The highest BCUT2D eigenvalue weighted by Gasteiger charge is 2.16. The van der Waals surface area contributed by atoms with Gasteiger partial charge in [0.25, 0.3) is 0 Å². The second kappa shape index (κ2) is 7.31. The van der Waals surface area contributed by atoms with E-state index in [9.17, 15) is 4.79 Å². The van der Waals surface area contributed by atoms with Crippen LogP contribution in [-0.4, -0.2) is 12.6 Å². The Morgan fingerprint density at radius 1 is 1.35 bits per heavy atom. The first kappa shape index (κ1) is 14.0. The molecule has 1 rings (SSSR count). The number of allylic oxidation sites excluding steroid dienone is 3.